The molecule has 0 saturated carbocycles. The highest BCUT2D eigenvalue weighted by Gasteiger charge is 2.08. The van der Waals surface area contributed by atoms with E-state index in [0.29, 0.717) is 5.75 Å². The maximum atomic E-state index is 11.9. The zero-order valence-electron chi connectivity index (χ0n) is 12.2. The van der Waals surface area contributed by atoms with Gasteiger partial charge in [0.25, 0.3) is 5.91 Å². The smallest absolute Gasteiger partial charge is 0.264 e. The number of ether oxygens (including phenoxy) is 1. The third kappa shape index (κ3) is 5.93. The van der Waals surface area contributed by atoms with Gasteiger partial charge in [-0.15, -0.1) is 0 Å². The molecule has 23 heavy (non-hydrogen) atoms. The summed E-state index contributed by atoms with van der Waals surface area (Å²) < 4.78 is 7.24. The van der Waals surface area contributed by atoms with Crippen LogP contribution in [-0.4, -0.2) is 17.6 Å². The number of carbonyl (C=O) groups is 1. The molecule has 0 aliphatic rings. The molecule has 0 saturated heterocycles. The van der Waals surface area contributed by atoms with Crippen molar-refractivity contribution >= 4 is 60.8 Å². The fourth-order valence-electron chi connectivity index (χ4n) is 1.72. The van der Waals surface area contributed by atoms with Gasteiger partial charge in [-0.3, -0.25) is 10.1 Å². The van der Waals surface area contributed by atoms with Crippen molar-refractivity contribution in [1.82, 2.24) is 5.32 Å². The van der Waals surface area contributed by atoms with E-state index in [1.165, 1.54) is 0 Å². The van der Waals surface area contributed by atoms with Gasteiger partial charge in [0.2, 0.25) is 0 Å². The van der Waals surface area contributed by atoms with Crippen LogP contribution in [0.1, 0.15) is 5.56 Å². The topological polar surface area (TPSA) is 50.4 Å². The number of carbonyl (C=O) groups excluding carboxylic acids is 1. The molecule has 1 amide bonds. The fraction of sp³-hybridized carbons (Fsp3) is 0.125. The van der Waals surface area contributed by atoms with Crippen molar-refractivity contribution in [2.75, 3.05) is 11.9 Å². The normalized spacial score (nSPS) is 10.0. The van der Waals surface area contributed by atoms with E-state index in [0.717, 1.165) is 20.2 Å². The number of benzene rings is 2. The Morgan fingerprint density at radius 1 is 1.17 bits per heavy atom. The molecule has 0 aliphatic carbocycles. The van der Waals surface area contributed by atoms with Gasteiger partial charge in [-0.2, -0.15) is 0 Å². The van der Waals surface area contributed by atoms with Crippen molar-refractivity contribution in [2.24, 2.45) is 0 Å². The first kappa shape index (κ1) is 17.9. The molecule has 120 valence electrons. The van der Waals surface area contributed by atoms with Crippen LogP contribution in [-0.2, 0) is 4.79 Å². The van der Waals surface area contributed by atoms with E-state index >= 15 is 0 Å². The number of amides is 1. The number of halogens is 2. The largest absolute Gasteiger partial charge is 0.483 e. The second kappa shape index (κ2) is 8.42. The molecule has 7 heteroatoms. The average Bonchev–Trinajstić information content (AvgIpc) is 2.48. The molecule has 0 bridgehead atoms. The van der Waals surface area contributed by atoms with Crippen molar-refractivity contribution < 1.29 is 9.53 Å². The van der Waals surface area contributed by atoms with Crippen molar-refractivity contribution in [1.29, 1.82) is 0 Å². The Morgan fingerprint density at radius 3 is 2.52 bits per heavy atom. The minimum atomic E-state index is -0.327. The third-order valence-corrected chi connectivity index (χ3v) is 4.15. The number of nitrogens with one attached hydrogen (secondary N) is 2. The van der Waals surface area contributed by atoms with Crippen LogP contribution in [0, 0.1) is 6.92 Å². The second-order valence-corrected chi connectivity index (χ2v) is 6.91. The number of rotatable bonds is 4. The van der Waals surface area contributed by atoms with Crippen molar-refractivity contribution in [3.63, 3.8) is 0 Å². The third-order valence-electron chi connectivity index (χ3n) is 2.80. The lowest BCUT2D eigenvalue weighted by molar-refractivity contribution is -0.121. The Kier molecular flexibility index (Phi) is 6.56. The van der Waals surface area contributed by atoms with Gasteiger partial charge < -0.3 is 10.1 Å². The Labute approximate surface area is 156 Å². The van der Waals surface area contributed by atoms with E-state index < -0.39 is 0 Å². The van der Waals surface area contributed by atoms with Crippen molar-refractivity contribution in [3.8, 4) is 5.75 Å². The van der Waals surface area contributed by atoms with Crippen molar-refractivity contribution in [2.45, 2.75) is 6.92 Å². The average molecular weight is 458 g/mol. The fourth-order valence-corrected chi connectivity index (χ4v) is 2.83. The molecule has 2 N–H and O–H groups in total. The molecular formula is C16H14Br2N2O2S. The summed E-state index contributed by atoms with van der Waals surface area (Å²) in [5.41, 5.74) is 1.90. The Morgan fingerprint density at radius 2 is 1.87 bits per heavy atom. The maximum absolute atomic E-state index is 11.9. The molecule has 0 aromatic heterocycles. The number of hydrogen-bond donors (Lipinski definition) is 2. The van der Waals surface area contributed by atoms with Gasteiger partial charge in [-0.05, 0) is 77.0 Å². The summed E-state index contributed by atoms with van der Waals surface area (Å²) in [6.07, 6.45) is 0. The Hall–Kier alpha value is -1.44. The first-order valence-corrected chi connectivity index (χ1v) is 8.69. The van der Waals surface area contributed by atoms with E-state index in [-0.39, 0.29) is 17.6 Å². The van der Waals surface area contributed by atoms with Gasteiger partial charge in [0, 0.05) is 10.2 Å². The molecule has 0 radical (unpaired) electrons. The molecular weight excluding hydrogens is 444 g/mol. The summed E-state index contributed by atoms with van der Waals surface area (Å²) in [5.74, 6) is 0.282. The molecule has 0 heterocycles. The molecule has 0 aliphatic heterocycles. The van der Waals surface area contributed by atoms with E-state index in [9.17, 15) is 4.79 Å². The van der Waals surface area contributed by atoms with Gasteiger partial charge >= 0.3 is 0 Å². The van der Waals surface area contributed by atoms with Gasteiger partial charge in [0.15, 0.2) is 11.7 Å². The molecule has 2 rings (SSSR count). The van der Waals surface area contributed by atoms with Crippen LogP contribution < -0.4 is 15.4 Å². The maximum Gasteiger partial charge on any atom is 0.264 e. The Bertz CT molecular complexity index is 721. The molecule has 0 unspecified atom stereocenters. The first-order valence-electron chi connectivity index (χ1n) is 6.69. The molecule has 4 nitrogen and oxygen atoms in total. The van der Waals surface area contributed by atoms with Crippen LogP contribution in [0.4, 0.5) is 5.69 Å². The minimum absolute atomic E-state index is 0.121. The predicted octanol–water partition coefficient (Wildman–Crippen LogP) is 4.41. The molecule has 0 spiro atoms. The first-order chi connectivity index (χ1) is 10.9. The minimum Gasteiger partial charge on any atom is -0.483 e. The molecule has 2 aromatic rings. The highest BCUT2D eigenvalue weighted by molar-refractivity contribution is 9.10. The number of thiocarbonyl (C=S) groups is 1. The SMILES string of the molecule is Cc1ccc(OCC(=O)NC(=S)Nc2ccc(Br)cc2)c(Br)c1. The van der Waals surface area contributed by atoms with Gasteiger partial charge in [-0.25, -0.2) is 0 Å². The zero-order chi connectivity index (χ0) is 16.8. The Balaban J connectivity index is 1.82. The summed E-state index contributed by atoms with van der Waals surface area (Å²) in [5, 5.41) is 5.73. The summed E-state index contributed by atoms with van der Waals surface area (Å²) in [4.78, 5) is 11.9. The monoisotopic (exact) mass is 456 g/mol. The van der Waals surface area contributed by atoms with E-state index in [2.05, 4.69) is 42.5 Å². The second-order valence-electron chi connectivity index (χ2n) is 4.73. The highest BCUT2D eigenvalue weighted by Crippen LogP contribution is 2.25. The summed E-state index contributed by atoms with van der Waals surface area (Å²) >= 11 is 11.9. The summed E-state index contributed by atoms with van der Waals surface area (Å²) in [6, 6.07) is 13.1. The lowest BCUT2D eigenvalue weighted by Crippen LogP contribution is -2.37. The lowest BCUT2D eigenvalue weighted by Gasteiger charge is -2.11. The van der Waals surface area contributed by atoms with Crippen molar-refractivity contribution in [3.05, 3.63) is 57.0 Å². The van der Waals surface area contributed by atoms with Crippen LogP contribution in [0.2, 0.25) is 0 Å². The van der Waals surface area contributed by atoms with Crippen LogP contribution in [0.3, 0.4) is 0 Å². The molecule has 0 fully saturated rings. The number of anilines is 1. The van der Waals surface area contributed by atoms with E-state index in [1.54, 1.807) is 0 Å². The van der Waals surface area contributed by atoms with Gasteiger partial charge in [0.05, 0.1) is 4.47 Å². The lowest BCUT2D eigenvalue weighted by atomic mass is 10.2. The number of hydrogen-bond acceptors (Lipinski definition) is 3. The van der Waals surface area contributed by atoms with Crippen LogP contribution in [0.5, 0.6) is 5.75 Å². The molecule has 2 aromatic carbocycles. The summed E-state index contributed by atoms with van der Waals surface area (Å²) in [7, 11) is 0. The van der Waals surface area contributed by atoms with E-state index in [1.807, 2.05) is 49.4 Å². The quantitative estimate of drug-likeness (QED) is 0.667. The van der Waals surface area contributed by atoms with Gasteiger partial charge in [0.1, 0.15) is 5.75 Å². The van der Waals surface area contributed by atoms with Crippen LogP contribution in [0.15, 0.2) is 51.4 Å². The zero-order valence-corrected chi connectivity index (χ0v) is 16.2. The number of aryl methyl sites for hydroxylation is 1. The van der Waals surface area contributed by atoms with Gasteiger partial charge in [-0.1, -0.05) is 22.0 Å². The van der Waals surface area contributed by atoms with Crippen LogP contribution >= 0.6 is 44.1 Å². The standard InChI is InChI=1S/C16H14Br2N2O2S/c1-10-2-7-14(13(18)8-10)22-9-15(21)20-16(23)19-12-5-3-11(17)4-6-12/h2-8H,9H2,1H3,(H2,19,20,21,23). The predicted molar refractivity (Wildman–Crippen MR) is 103 cm³/mol. The van der Waals surface area contributed by atoms with E-state index in [4.69, 9.17) is 17.0 Å². The van der Waals surface area contributed by atoms with Crippen LogP contribution in [0.25, 0.3) is 0 Å². The molecule has 0 atom stereocenters. The summed E-state index contributed by atoms with van der Waals surface area (Å²) in [6.45, 7) is 1.86. The highest BCUT2D eigenvalue weighted by atomic mass is 79.9.